The fraction of sp³-hybridized carbons (Fsp3) is 0.375. The minimum atomic E-state index is -0.386. The van der Waals surface area contributed by atoms with E-state index in [-0.39, 0.29) is 5.97 Å². The number of carbonyl (C=O) groups is 1. The number of anilines is 3. The number of nitrogens with one attached hydrogen (secondary N) is 2. The quantitative estimate of drug-likeness (QED) is 0.559. The molecular formula is C16H22N6O2. The maximum atomic E-state index is 11.6. The largest absolute Gasteiger partial charge is 0.465 e. The van der Waals surface area contributed by atoms with Crippen LogP contribution in [0.15, 0.2) is 30.5 Å². The highest BCUT2D eigenvalue weighted by Gasteiger charge is 2.07. The number of rotatable bonds is 8. The molecular weight excluding hydrogens is 308 g/mol. The summed E-state index contributed by atoms with van der Waals surface area (Å²) in [6, 6.07) is 6.98. The normalized spacial score (nSPS) is 10.5. The minimum Gasteiger partial charge on any atom is -0.465 e. The van der Waals surface area contributed by atoms with Gasteiger partial charge in [0.2, 0.25) is 5.95 Å². The average molecular weight is 330 g/mol. The maximum absolute atomic E-state index is 11.6. The minimum absolute atomic E-state index is 0.386. The second kappa shape index (κ2) is 8.78. The summed E-state index contributed by atoms with van der Waals surface area (Å²) in [5.74, 6) is 0.618. The Hall–Kier alpha value is -2.74. The number of aromatic nitrogens is 3. The van der Waals surface area contributed by atoms with E-state index in [1.165, 1.54) is 13.3 Å². The van der Waals surface area contributed by atoms with Gasteiger partial charge in [-0.1, -0.05) is 6.07 Å². The summed E-state index contributed by atoms with van der Waals surface area (Å²) in [7, 11) is 5.42. The highest BCUT2D eigenvalue weighted by Crippen LogP contribution is 2.16. The van der Waals surface area contributed by atoms with Gasteiger partial charge in [-0.05, 0) is 45.3 Å². The zero-order valence-corrected chi connectivity index (χ0v) is 14.1. The third kappa shape index (κ3) is 5.47. The van der Waals surface area contributed by atoms with E-state index in [4.69, 9.17) is 4.74 Å². The van der Waals surface area contributed by atoms with E-state index in [0.29, 0.717) is 17.3 Å². The molecule has 0 saturated heterocycles. The maximum Gasteiger partial charge on any atom is 0.337 e. The first-order valence-electron chi connectivity index (χ1n) is 7.62. The standard InChI is InChI=1S/C16H22N6O2/c1-22(2)9-5-8-17-16-20-14(11-18-21-16)19-13-7-4-6-12(10-13)15(23)24-3/h4,6-7,10-11H,5,8-9H2,1-3H3,(H2,17,19,20,21). The topological polar surface area (TPSA) is 92.3 Å². The van der Waals surface area contributed by atoms with Crippen LogP contribution in [0.1, 0.15) is 16.8 Å². The van der Waals surface area contributed by atoms with Crippen molar-refractivity contribution in [3.63, 3.8) is 0 Å². The predicted molar refractivity (Wildman–Crippen MR) is 92.6 cm³/mol. The molecule has 24 heavy (non-hydrogen) atoms. The first-order chi connectivity index (χ1) is 11.6. The summed E-state index contributed by atoms with van der Waals surface area (Å²) in [5, 5.41) is 14.1. The number of carbonyl (C=O) groups excluding carboxylic acids is 1. The van der Waals surface area contributed by atoms with Gasteiger partial charge >= 0.3 is 5.97 Å². The summed E-state index contributed by atoms with van der Waals surface area (Å²) in [6.07, 6.45) is 2.50. The Kier molecular flexibility index (Phi) is 6.44. The van der Waals surface area contributed by atoms with Crippen LogP contribution in [0.5, 0.6) is 0 Å². The lowest BCUT2D eigenvalue weighted by Crippen LogP contribution is -2.17. The third-order valence-corrected chi connectivity index (χ3v) is 3.18. The lowest BCUT2D eigenvalue weighted by atomic mass is 10.2. The van der Waals surface area contributed by atoms with E-state index >= 15 is 0 Å². The number of nitrogens with zero attached hydrogens (tertiary/aromatic N) is 4. The van der Waals surface area contributed by atoms with Gasteiger partial charge in [0.25, 0.3) is 0 Å². The monoisotopic (exact) mass is 330 g/mol. The molecule has 0 saturated carbocycles. The van der Waals surface area contributed by atoms with E-state index in [9.17, 15) is 4.79 Å². The Balaban J connectivity index is 1.98. The van der Waals surface area contributed by atoms with Gasteiger partial charge in [-0.15, -0.1) is 5.10 Å². The lowest BCUT2D eigenvalue weighted by Gasteiger charge is -2.10. The van der Waals surface area contributed by atoms with Gasteiger partial charge in [-0.3, -0.25) is 0 Å². The van der Waals surface area contributed by atoms with E-state index in [1.807, 2.05) is 20.2 Å². The van der Waals surface area contributed by atoms with Crippen molar-refractivity contribution in [1.29, 1.82) is 0 Å². The van der Waals surface area contributed by atoms with Crippen LogP contribution in [0.4, 0.5) is 17.5 Å². The van der Waals surface area contributed by atoms with Gasteiger partial charge in [0.1, 0.15) is 0 Å². The van der Waals surface area contributed by atoms with Crippen LogP contribution in [-0.2, 0) is 4.74 Å². The van der Waals surface area contributed by atoms with E-state index in [0.717, 1.165) is 25.2 Å². The van der Waals surface area contributed by atoms with Gasteiger partial charge in [0.05, 0.1) is 18.9 Å². The molecule has 0 radical (unpaired) electrons. The molecule has 2 N–H and O–H groups in total. The molecule has 1 heterocycles. The number of benzene rings is 1. The summed E-state index contributed by atoms with van der Waals surface area (Å²) in [6.45, 7) is 1.75. The summed E-state index contributed by atoms with van der Waals surface area (Å²) >= 11 is 0. The number of ether oxygens (including phenoxy) is 1. The van der Waals surface area contributed by atoms with Crippen molar-refractivity contribution < 1.29 is 9.53 Å². The van der Waals surface area contributed by atoms with E-state index in [1.54, 1.807) is 18.2 Å². The molecule has 1 aromatic carbocycles. The smallest absolute Gasteiger partial charge is 0.337 e. The van der Waals surface area contributed by atoms with Gasteiger partial charge in [-0.2, -0.15) is 10.1 Å². The predicted octanol–water partition coefficient (Wildman–Crippen LogP) is 1.77. The molecule has 8 heteroatoms. The lowest BCUT2D eigenvalue weighted by molar-refractivity contribution is 0.0601. The highest BCUT2D eigenvalue weighted by molar-refractivity contribution is 5.90. The summed E-state index contributed by atoms with van der Waals surface area (Å²) in [5.41, 5.74) is 1.18. The molecule has 0 amide bonds. The van der Waals surface area contributed by atoms with Gasteiger partial charge < -0.3 is 20.3 Å². The summed E-state index contributed by atoms with van der Waals surface area (Å²) in [4.78, 5) is 18.0. The van der Waals surface area contributed by atoms with Crippen LogP contribution in [0.3, 0.4) is 0 Å². The Bertz CT molecular complexity index is 677. The van der Waals surface area contributed by atoms with E-state index < -0.39 is 0 Å². The molecule has 1 aromatic heterocycles. The number of hydrogen-bond donors (Lipinski definition) is 2. The van der Waals surface area contributed by atoms with Crippen molar-refractivity contribution >= 4 is 23.4 Å². The van der Waals surface area contributed by atoms with E-state index in [2.05, 4.69) is 30.7 Å². The molecule has 0 spiro atoms. The molecule has 0 aliphatic heterocycles. The zero-order valence-electron chi connectivity index (χ0n) is 14.1. The average Bonchev–Trinajstić information content (AvgIpc) is 2.58. The second-order valence-corrected chi connectivity index (χ2v) is 5.45. The first-order valence-corrected chi connectivity index (χ1v) is 7.62. The molecule has 0 fully saturated rings. The van der Waals surface area contributed by atoms with Crippen molar-refractivity contribution in [1.82, 2.24) is 20.1 Å². The molecule has 2 rings (SSSR count). The van der Waals surface area contributed by atoms with Gasteiger partial charge in [0, 0.05) is 12.2 Å². The molecule has 8 nitrogen and oxygen atoms in total. The Morgan fingerprint density at radius 1 is 1.33 bits per heavy atom. The molecule has 0 atom stereocenters. The van der Waals surface area contributed by atoms with Crippen LogP contribution in [-0.4, -0.2) is 60.3 Å². The van der Waals surface area contributed by atoms with Crippen LogP contribution in [0, 0.1) is 0 Å². The van der Waals surface area contributed by atoms with Crippen molar-refractivity contribution in [2.24, 2.45) is 0 Å². The van der Waals surface area contributed by atoms with Crippen LogP contribution >= 0.6 is 0 Å². The fourth-order valence-corrected chi connectivity index (χ4v) is 2.02. The van der Waals surface area contributed by atoms with Gasteiger partial charge in [0.15, 0.2) is 5.82 Å². The Morgan fingerprint density at radius 2 is 2.17 bits per heavy atom. The molecule has 0 aliphatic rings. The second-order valence-electron chi connectivity index (χ2n) is 5.45. The number of hydrogen-bond acceptors (Lipinski definition) is 8. The van der Waals surface area contributed by atoms with Crippen LogP contribution in [0.2, 0.25) is 0 Å². The molecule has 128 valence electrons. The van der Waals surface area contributed by atoms with Crippen LogP contribution < -0.4 is 10.6 Å². The highest BCUT2D eigenvalue weighted by atomic mass is 16.5. The Labute approximate surface area is 141 Å². The molecule has 2 aromatic rings. The van der Waals surface area contributed by atoms with Crippen molar-refractivity contribution in [3.05, 3.63) is 36.0 Å². The fourth-order valence-electron chi connectivity index (χ4n) is 2.02. The molecule has 0 unspecified atom stereocenters. The zero-order chi connectivity index (χ0) is 17.4. The van der Waals surface area contributed by atoms with Crippen LogP contribution in [0.25, 0.3) is 0 Å². The van der Waals surface area contributed by atoms with Crippen molar-refractivity contribution in [3.8, 4) is 0 Å². The Morgan fingerprint density at radius 3 is 2.92 bits per heavy atom. The summed E-state index contributed by atoms with van der Waals surface area (Å²) < 4.78 is 4.71. The van der Waals surface area contributed by atoms with Gasteiger partial charge in [-0.25, -0.2) is 4.79 Å². The number of methoxy groups -OCH3 is 1. The molecule has 0 bridgehead atoms. The SMILES string of the molecule is COC(=O)c1cccc(Nc2cnnc(NCCCN(C)C)n2)c1. The number of esters is 1. The third-order valence-electron chi connectivity index (χ3n) is 3.18. The first kappa shape index (κ1) is 17.6. The van der Waals surface area contributed by atoms with Crippen molar-refractivity contribution in [2.75, 3.05) is 44.9 Å². The molecule has 0 aliphatic carbocycles. The van der Waals surface area contributed by atoms with Crippen molar-refractivity contribution in [2.45, 2.75) is 6.42 Å².